The maximum atomic E-state index is 12.7. The molecule has 1 aliphatic heterocycles. The number of nitrogens with zero attached hydrogens (tertiary/aromatic N) is 3. The van der Waals surface area contributed by atoms with Gasteiger partial charge in [0.1, 0.15) is 16.9 Å². The molecule has 0 atom stereocenters. The summed E-state index contributed by atoms with van der Waals surface area (Å²) in [7, 11) is 0. The minimum absolute atomic E-state index is 0.119. The van der Waals surface area contributed by atoms with E-state index in [2.05, 4.69) is 22.1 Å². The largest absolute Gasteiger partial charge is 0.477 e. The second-order valence-electron chi connectivity index (χ2n) is 12.8. The van der Waals surface area contributed by atoms with Crippen LogP contribution in [-0.4, -0.2) is 48.5 Å². The van der Waals surface area contributed by atoms with Gasteiger partial charge in [0.05, 0.1) is 23.1 Å². The third kappa shape index (κ3) is 5.97. The second-order valence-corrected chi connectivity index (χ2v) is 12.8. The molecule has 0 radical (unpaired) electrons. The summed E-state index contributed by atoms with van der Waals surface area (Å²) in [5.41, 5.74) is 17.7. The molecule has 1 fully saturated rings. The maximum absolute atomic E-state index is 12.7. The van der Waals surface area contributed by atoms with Gasteiger partial charge in [0.2, 0.25) is 5.70 Å². The van der Waals surface area contributed by atoms with Gasteiger partial charge in [-0.15, -0.1) is 0 Å². The van der Waals surface area contributed by atoms with Crippen LogP contribution in [0, 0.1) is 17.4 Å². The molecule has 10 nitrogen and oxygen atoms in total. The number of hydrogen-bond acceptors (Lipinski definition) is 7. The Bertz CT molecular complexity index is 1610. The van der Waals surface area contributed by atoms with Gasteiger partial charge in [-0.2, -0.15) is 0 Å². The van der Waals surface area contributed by atoms with E-state index < -0.39 is 28.7 Å². The quantitative estimate of drug-likeness (QED) is 0.288. The fourth-order valence-corrected chi connectivity index (χ4v) is 5.51. The Labute approximate surface area is 245 Å². The number of nitrogens with two attached hydrogens (primary N) is 1. The zero-order valence-corrected chi connectivity index (χ0v) is 24.7. The Balaban J connectivity index is 1.45. The van der Waals surface area contributed by atoms with Crippen molar-refractivity contribution in [3.05, 3.63) is 64.1 Å². The Kier molecular flexibility index (Phi) is 7.27. The summed E-state index contributed by atoms with van der Waals surface area (Å²) in [6.45, 7) is 9.07. The highest BCUT2D eigenvalue weighted by molar-refractivity contribution is 5.97. The van der Waals surface area contributed by atoms with Gasteiger partial charge in [0.15, 0.2) is 5.82 Å². The number of carboxylic acids is 1. The Morgan fingerprint density at radius 2 is 1.86 bits per heavy atom. The van der Waals surface area contributed by atoms with E-state index in [9.17, 15) is 14.7 Å². The molecule has 0 unspecified atom stereocenters. The van der Waals surface area contributed by atoms with E-state index >= 15 is 0 Å². The second kappa shape index (κ2) is 10.5. The third-order valence-corrected chi connectivity index (χ3v) is 7.57. The van der Waals surface area contributed by atoms with Gasteiger partial charge in [-0.1, -0.05) is 16.5 Å². The van der Waals surface area contributed by atoms with Gasteiger partial charge in [-0.05, 0) is 96.5 Å². The summed E-state index contributed by atoms with van der Waals surface area (Å²) in [6, 6.07) is 7.53. The number of aliphatic carboxylic acids is 1. The van der Waals surface area contributed by atoms with Crippen molar-refractivity contribution in [3.63, 3.8) is 0 Å². The van der Waals surface area contributed by atoms with Crippen LogP contribution in [0.2, 0.25) is 0 Å². The number of alkyl carbamates (subject to hydrolysis) is 1. The van der Waals surface area contributed by atoms with Gasteiger partial charge in [-0.3, -0.25) is 0 Å². The van der Waals surface area contributed by atoms with E-state index in [-0.39, 0.29) is 12.0 Å². The van der Waals surface area contributed by atoms with E-state index in [1.807, 2.05) is 38.1 Å². The number of aryl methyl sites for hydroxylation is 1. The lowest BCUT2D eigenvalue weighted by Gasteiger charge is -2.42. The van der Waals surface area contributed by atoms with Crippen LogP contribution >= 0.6 is 0 Å². The van der Waals surface area contributed by atoms with Crippen LogP contribution in [-0.2, 0) is 16.0 Å². The number of hydrogen-bond donors (Lipinski definition) is 4. The van der Waals surface area contributed by atoms with Gasteiger partial charge < -0.3 is 20.9 Å². The topological polar surface area (TPSA) is 154 Å². The number of carbonyl (C=O) groups excluding carboxylic acids is 1. The average molecular weight is 570 g/mol. The predicted octanol–water partition coefficient (Wildman–Crippen LogP) is 5.12. The molecule has 10 heteroatoms. The van der Waals surface area contributed by atoms with Crippen molar-refractivity contribution in [2.24, 2.45) is 5.73 Å². The van der Waals surface area contributed by atoms with Gasteiger partial charge >= 0.3 is 12.1 Å². The summed E-state index contributed by atoms with van der Waals surface area (Å²) in [5, 5.41) is 13.3. The summed E-state index contributed by atoms with van der Waals surface area (Å²) in [4.78, 5) is 34.7. The molecule has 2 aromatic rings. The van der Waals surface area contributed by atoms with Crippen molar-refractivity contribution >= 4 is 17.8 Å². The van der Waals surface area contributed by atoms with Crippen LogP contribution in [0.25, 0.3) is 17.1 Å². The molecule has 0 saturated heterocycles. The standard InChI is InChI=1S/C32H36N6O4/c1-30(2,3)42-29(41)37-32(14-6-15-32)17-23-24(28(39)40)22-12-11-21-18-35-27(36-25(21)26(22)38(23)34)20-9-7-19(8-10-20)13-16-31(4,5)33/h7-10,18,34H,6,11-12,14-15,17,33H2,1-5H3,(H-,37,39,40,41)/p+1. The molecular weight excluding hydrogens is 532 g/mol. The number of fused-ring (bicyclic) bond motifs is 2. The summed E-state index contributed by atoms with van der Waals surface area (Å²) >= 11 is 0. The number of rotatable bonds is 5. The monoisotopic (exact) mass is 569 g/mol. The molecule has 1 amide bonds. The van der Waals surface area contributed by atoms with Crippen LogP contribution in [0.4, 0.5) is 4.79 Å². The molecule has 3 aliphatic rings. The molecule has 2 heterocycles. The molecule has 1 aromatic heterocycles. The molecule has 42 heavy (non-hydrogen) atoms. The van der Waals surface area contributed by atoms with E-state index in [0.29, 0.717) is 54.2 Å². The fourth-order valence-electron chi connectivity index (χ4n) is 5.51. The first-order valence-corrected chi connectivity index (χ1v) is 14.2. The SMILES string of the molecule is CC(C)(N)C#Cc1ccc(-c2ncc3c(n2)C2=C(CC3)C(C(=O)O)=C(CC3(NC(=O)OC(C)(C)C)CCC3)[N+]2=N)cc1. The third-order valence-electron chi connectivity index (χ3n) is 7.57. The minimum Gasteiger partial charge on any atom is -0.477 e. The van der Waals surface area contributed by atoms with Crippen molar-refractivity contribution in [1.29, 1.82) is 5.53 Å². The van der Waals surface area contributed by atoms with E-state index in [4.69, 9.17) is 21.0 Å². The molecular formula is C32H37N6O4+. The summed E-state index contributed by atoms with van der Waals surface area (Å²) in [5.74, 6) is 5.47. The Morgan fingerprint density at radius 3 is 2.43 bits per heavy atom. The highest BCUT2D eigenvalue weighted by atomic mass is 16.6. The normalized spacial score (nSPS) is 17.5. The van der Waals surface area contributed by atoms with Crippen LogP contribution in [0.3, 0.4) is 0 Å². The lowest BCUT2D eigenvalue weighted by molar-refractivity contribution is -0.478. The zero-order valence-electron chi connectivity index (χ0n) is 24.7. The fraction of sp³-hybridized carbons (Fsp3) is 0.438. The van der Waals surface area contributed by atoms with Crippen molar-refractivity contribution in [1.82, 2.24) is 15.3 Å². The summed E-state index contributed by atoms with van der Waals surface area (Å²) < 4.78 is 6.69. The smallest absolute Gasteiger partial charge is 0.408 e. The Hall–Kier alpha value is -4.36. The van der Waals surface area contributed by atoms with Crippen molar-refractivity contribution in [2.45, 2.75) is 89.8 Å². The van der Waals surface area contributed by atoms with Crippen LogP contribution in [0.15, 0.2) is 47.3 Å². The number of nitrogens with one attached hydrogen (secondary N) is 2. The van der Waals surface area contributed by atoms with Crippen molar-refractivity contribution < 1.29 is 24.1 Å². The predicted molar refractivity (Wildman–Crippen MR) is 156 cm³/mol. The van der Waals surface area contributed by atoms with Gasteiger partial charge in [0, 0.05) is 22.9 Å². The van der Waals surface area contributed by atoms with E-state index in [1.165, 1.54) is 4.70 Å². The lowest BCUT2D eigenvalue weighted by atomic mass is 9.73. The maximum Gasteiger partial charge on any atom is 0.408 e. The molecule has 2 aliphatic carbocycles. The highest BCUT2D eigenvalue weighted by Crippen LogP contribution is 2.47. The number of benzene rings is 1. The van der Waals surface area contributed by atoms with Gasteiger partial charge in [-0.25, -0.2) is 19.6 Å². The molecule has 218 valence electrons. The lowest BCUT2D eigenvalue weighted by Crippen LogP contribution is -2.55. The molecule has 5 N–H and O–H groups in total. The molecule has 1 saturated carbocycles. The highest BCUT2D eigenvalue weighted by Gasteiger charge is 2.51. The molecule has 0 bridgehead atoms. The first-order chi connectivity index (χ1) is 19.6. The van der Waals surface area contributed by atoms with Crippen molar-refractivity contribution in [2.75, 3.05) is 0 Å². The van der Waals surface area contributed by atoms with Crippen LogP contribution in [0.1, 0.15) is 83.5 Å². The minimum atomic E-state index is -1.09. The first-order valence-electron chi connectivity index (χ1n) is 14.2. The molecule has 0 spiro atoms. The van der Waals surface area contributed by atoms with Crippen molar-refractivity contribution in [3.8, 4) is 23.2 Å². The Morgan fingerprint density at radius 1 is 1.17 bits per heavy atom. The van der Waals surface area contributed by atoms with E-state index in [1.54, 1.807) is 27.0 Å². The van der Waals surface area contributed by atoms with Crippen LogP contribution < -0.4 is 11.1 Å². The molecule has 5 rings (SSSR count). The van der Waals surface area contributed by atoms with Gasteiger partial charge in [0.25, 0.3) is 5.70 Å². The number of ether oxygens (including phenoxy) is 1. The number of carbonyl (C=O) groups is 2. The molecule has 1 aromatic carbocycles. The van der Waals surface area contributed by atoms with E-state index in [0.717, 1.165) is 23.1 Å². The zero-order chi connectivity index (χ0) is 30.4. The first kappa shape index (κ1) is 29.1. The number of amides is 1. The number of carboxylic acid groups (broad SMARTS) is 1. The number of aromatic nitrogens is 2. The van der Waals surface area contributed by atoms with Crippen LogP contribution in [0.5, 0.6) is 0 Å². The summed E-state index contributed by atoms with van der Waals surface area (Å²) in [6.07, 6.45) is 4.69. The average Bonchev–Trinajstić information content (AvgIpc) is 3.16.